The zero-order valence-electron chi connectivity index (χ0n) is 17.6. The largest absolute Gasteiger partial charge is 0.356 e. The number of aromatic nitrogens is 2. The van der Waals surface area contributed by atoms with Crippen molar-refractivity contribution >= 4 is 29.9 Å². The minimum absolute atomic E-state index is 0. The first kappa shape index (κ1) is 23.2. The highest BCUT2D eigenvalue weighted by Gasteiger charge is 2.31. The predicted molar refractivity (Wildman–Crippen MR) is 121 cm³/mol. The molecule has 0 saturated heterocycles. The van der Waals surface area contributed by atoms with E-state index in [1.165, 1.54) is 36.9 Å². The maximum Gasteiger partial charge on any atom is 0.191 e. The lowest BCUT2D eigenvalue weighted by atomic mass is 9.78. The molecule has 1 saturated carbocycles. The summed E-state index contributed by atoms with van der Waals surface area (Å²) in [6.07, 6.45) is 6.48. The molecule has 0 aliphatic heterocycles. The Morgan fingerprint density at radius 3 is 2.42 bits per heavy atom. The second-order valence-electron chi connectivity index (χ2n) is 8.42. The lowest BCUT2D eigenvalue weighted by Gasteiger charge is -2.32. The Hall–Kier alpha value is -0.790. The van der Waals surface area contributed by atoms with Gasteiger partial charge in [-0.1, -0.05) is 26.7 Å². The summed E-state index contributed by atoms with van der Waals surface area (Å²) in [5.41, 5.74) is 4.02. The van der Waals surface area contributed by atoms with Gasteiger partial charge in [-0.25, -0.2) is 0 Å². The lowest BCUT2D eigenvalue weighted by Crippen LogP contribution is -2.47. The summed E-state index contributed by atoms with van der Waals surface area (Å²) in [6, 6.07) is 0.308. The molecule has 0 bridgehead atoms. The van der Waals surface area contributed by atoms with E-state index in [0.717, 1.165) is 30.5 Å². The second-order valence-corrected chi connectivity index (χ2v) is 8.42. The van der Waals surface area contributed by atoms with Crippen molar-refractivity contribution in [1.82, 2.24) is 20.4 Å². The maximum absolute atomic E-state index is 4.52. The highest BCUT2D eigenvalue weighted by Crippen LogP contribution is 2.38. The van der Waals surface area contributed by atoms with E-state index in [2.05, 4.69) is 55.3 Å². The van der Waals surface area contributed by atoms with Crippen molar-refractivity contribution in [1.29, 1.82) is 0 Å². The number of rotatable bonds is 6. The average Bonchev–Trinajstić information content (AvgIpc) is 3.17. The molecular formula is C20H38IN5. The molecule has 1 aromatic rings. The first-order valence-electron chi connectivity index (χ1n) is 9.71. The fourth-order valence-corrected chi connectivity index (χ4v) is 4.06. The monoisotopic (exact) mass is 475 g/mol. The normalized spacial score (nSPS) is 17.1. The zero-order valence-corrected chi connectivity index (χ0v) is 20.0. The van der Waals surface area contributed by atoms with Crippen molar-refractivity contribution in [2.24, 2.45) is 23.4 Å². The fourth-order valence-electron chi connectivity index (χ4n) is 4.06. The molecular weight excluding hydrogens is 437 g/mol. The van der Waals surface area contributed by atoms with Crippen molar-refractivity contribution in [3.05, 3.63) is 17.0 Å². The fraction of sp³-hybridized carbons (Fsp3) is 0.800. The molecule has 1 atom stereocenters. The van der Waals surface area contributed by atoms with Gasteiger partial charge in [0.05, 0.1) is 5.69 Å². The van der Waals surface area contributed by atoms with Crippen LogP contribution in [0.4, 0.5) is 0 Å². The Balaban J connectivity index is 0.00000338. The van der Waals surface area contributed by atoms with E-state index in [4.69, 9.17) is 0 Å². The summed E-state index contributed by atoms with van der Waals surface area (Å²) in [4.78, 5) is 4.42. The minimum Gasteiger partial charge on any atom is -0.356 e. The van der Waals surface area contributed by atoms with Gasteiger partial charge in [-0.15, -0.1) is 24.0 Å². The van der Waals surface area contributed by atoms with Crippen LogP contribution in [0.15, 0.2) is 4.99 Å². The van der Waals surface area contributed by atoms with Gasteiger partial charge in [-0.05, 0) is 56.9 Å². The number of hydrogen-bond donors (Lipinski definition) is 2. The Bertz CT molecular complexity index is 600. The highest BCUT2D eigenvalue weighted by atomic mass is 127. The van der Waals surface area contributed by atoms with E-state index in [-0.39, 0.29) is 24.0 Å². The van der Waals surface area contributed by atoms with Crippen LogP contribution in [-0.2, 0) is 13.5 Å². The van der Waals surface area contributed by atoms with Gasteiger partial charge in [0.1, 0.15) is 0 Å². The summed E-state index contributed by atoms with van der Waals surface area (Å²) in [5, 5.41) is 11.6. The molecule has 1 unspecified atom stereocenters. The number of halogens is 1. The number of hydrogen-bond acceptors (Lipinski definition) is 2. The van der Waals surface area contributed by atoms with Crippen molar-refractivity contribution < 1.29 is 0 Å². The molecule has 150 valence electrons. The Kier molecular flexibility index (Phi) is 8.89. The van der Waals surface area contributed by atoms with Crippen LogP contribution in [0.25, 0.3) is 0 Å². The van der Waals surface area contributed by atoms with Crippen molar-refractivity contribution in [3.63, 3.8) is 0 Å². The summed E-state index contributed by atoms with van der Waals surface area (Å²) >= 11 is 0. The number of aliphatic imine (C=N–C) groups is 1. The van der Waals surface area contributed by atoms with Gasteiger partial charge < -0.3 is 10.6 Å². The lowest BCUT2D eigenvalue weighted by molar-refractivity contribution is 0.218. The van der Waals surface area contributed by atoms with Gasteiger partial charge >= 0.3 is 0 Å². The summed E-state index contributed by atoms with van der Waals surface area (Å²) in [5.74, 6) is 1.73. The van der Waals surface area contributed by atoms with Crippen LogP contribution >= 0.6 is 24.0 Å². The zero-order chi connectivity index (χ0) is 18.6. The number of nitrogens with one attached hydrogen (secondary N) is 2. The summed E-state index contributed by atoms with van der Waals surface area (Å²) < 4.78 is 1.97. The first-order valence-corrected chi connectivity index (χ1v) is 9.71. The minimum atomic E-state index is 0. The first-order chi connectivity index (χ1) is 11.7. The van der Waals surface area contributed by atoms with Crippen LogP contribution in [0.1, 0.15) is 63.4 Å². The Morgan fingerprint density at radius 2 is 1.92 bits per heavy atom. The topological polar surface area (TPSA) is 54.2 Å². The smallest absolute Gasteiger partial charge is 0.191 e. The molecule has 1 aromatic heterocycles. The van der Waals surface area contributed by atoms with Crippen LogP contribution in [0.3, 0.4) is 0 Å². The van der Waals surface area contributed by atoms with Crippen LogP contribution in [0.5, 0.6) is 0 Å². The third-order valence-corrected chi connectivity index (χ3v) is 5.95. The predicted octanol–water partition coefficient (Wildman–Crippen LogP) is 3.97. The molecule has 0 aromatic carbocycles. The van der Waals surface area contributed by atoms with E-state index in [0.29, 0.717) is 11.5 Å². The molecule has 1 fully saturated rings. The van der Waals surface area contributed by atoms with Gasteiger partial charge in [0.15, 0.2) is 5.96 Å². The van der Waals surface area contributed by atoms with Gasteiger partial charge in [-0.3, -0.25) is 9.67 Å². The van der Waals surface area contributed by atoms with Crippen LogP contribution in [0.2, 0.25) is 0 Å². The van der Waals surface area contributed by atoms with Crippen LogP contribution in [0, 0.1) is 25.2 Å². The molecule has 6 heteroatoms. The molecule has 26 heavy (non-hydrogen) atoms. The quantitative estimate of drug-likeness (QED) is 0.372. The molecule has 5 nitrogen and oxygen atoms in total. The van der Waals surface area contributed by atoms with E-state index in [1.807, 2.05) is 18.8 Å². The van der Waals surface area contributed by atoms with Crippen LogP contribution < -0.4 is 10.6 Å². The van der Waals surface area contributed by atoms with Crippen molar-refractivity contribution in [2.45, 2.75) is 72.8 Å². The van der Waals surface area contributed by atoms with E-state index < -0.39 is 0 Å². The second kappa shape index (κ2) is 9.95. The van der Waals surface area contributed by atoms with Crippen molar-refractivity contribution in [2.75, 3.05) is 13.6 Å². The molecule has 1 aliphatic carbocycles. The van der Waals surface area contributed by atoms with Gasteiger partial charge in [0, 0.05) is 32.4 Å². The molecule has 2 N–H and O–H groups in total. The molecule has 0 amide bonds. The Labute approximate surface area is 176 Å². The van der Waals surface area contributed by atoms with E-state index >= 15 is 0 Å². The number of aryl methyl sites for hydroxylation is 2. The third-order valence-electron chi connectivity index (χ3n) is 5.95. The summed E-state index contributed by atoms with van der Waals surface area (Å²) in [6.45, 7) is 12.2. The van der Waals surface area contributed by atoms with E-state index in [9.17, 15) is 0 Å². The standard InChI is InChI=1S/C20H37N5.HI/c1-14(12-18-15(2)24-25(7)16(18)3)23-19(21-6)22-13-20(4,5)17-10-8-9-11-17;/h14,17H,8-13H2,1-7H3,(H2,21,22,23);1H. The molecule has 1 heterocycles. The molecule has 0 radical (unpaired) electrons. The van der Waals surface area contributed by atoms with Gasteiger partial charge in [0.2, 0.25) is 0 Å². The SMILES string of the molecule is CN=C(NCC(C)(C)C1CCCC1)NC(C)Cc1c(C)nn(C)c1C.I. The highest BCUT2D eigenvalue weighted by molar-refractivity contribution is 14.0. The van der Waals surface area contributed by atoms with E-state index in [1.54, 1.807) is 0 Å². The average molecular weight is 475 g/mol. The summed E-state index contributed by atoms with van der Waals surface area (Å²) in [7, 11) is 3.86. The van der Waals surface area contributed by atoms with Gasteiger partial charge in [-0.2, -0.15) is 5.10 Å². The Morgan fingerprint density at radius 1 is 1.31 bits per heavy atom. The number of nitrogens with zero attached hydrogens (tertiary/aromatic N) is 3. The molecule has 2 rings (SSSR count). The number of guanidine groups is 1. The molecule has 0 spiro atoms. The molecule has 1 aliphatic rings. The van der Waals surface area contributed by atoms with Gasteiger partial charge in [0.25, 0.3) is 0 Å². The maximum atomic E-state index is 4.52. The van der Waals surface area contributed by atoms with Crippen molar-refractivity contribution in [3.8, 4) is 0 Å². The third kappa shape index (κ3) is 5.86. The van der Waals surface area contributed by atoms with Crippen LogP contribution in [-0.4, -0.2) is 35.4 Å².